The van der Waals surface area contributed by atoms with E-state index in [1.54, 1.807) is 0 Å². The van der Waals surface area contributed by atoms with Gasteiger partial charge in [0.1, 0.15) is 5.60 Å². The lowest BCUT2D eigenvalue weighted by Gasteiger charge is -2.42. The predicted molar refractivity (Wildman–Crippen MR) is 64.5 cm³/mol. The monoisotopic (exact) mass is 221 g/mol. The molecule has 1 radical (unpaired) electrons. The van der Waals surface area contributed by atoms with Crippen LogP contribution < -0.4 is 0 Å². The maximum atomic E-state index is 12.7. The average molecular weight is 221 g/mol. The van der Waals surface area contributed by atoms with Crippen LogP contribution in [0.3, 0.4) is 0 Å². The molecule has 1 nitrogen and oxygen atoms in total. The molecule has 0 heterocycles. The molecule has 2 bridgehead atoms. The third kappa shape index (κ3) is 1.06. The first-order valence-electron chi connectivity index (χ1n) is 7.01. The highest BCUT2D eigenvalue weighted by Crippen LogP contribution is 2.73. The Hall–Kier alpha value is -0.0400. The van der Waals surface area contributed by atoms with E-state index >= 15 is 0 Å². The third-order valence-corrected chi connectivity index (χ3v) is 6.77. The first kappa shape index (κ1) is 11.1. The van der Waals surface area contributed by atoms with Crippen LogP contribution in [-0.2, 0) is 5.11 Å². The van der Waals surface area contributed by atoms with Crippen LogP contribution in [0.25, 0.3) is 0 Å². The second-order valence-corrected chi connectivity index (χ2v) is 7.65. The van der Waals surface area contributed by atoms with Crippen molar-refractivity contribution < 1.29 is 5.11 Å². The Labute approximate surface area is 99.6 Å². The van der Waals surface area contributed by atoms with Crippen molar-refractivity contribution in [1.29, 1.82) is 0 Å². The van der Waals surface area contributed by atoms with Gasteiger partial charge in [0.2, 0.25) is 0 Å². The molecular formula is C15H25O. The molecule has 3 aliphatic carbocycles. The van der Waals surface area contributed by atoms with Gasteiger partial charge in [-0.15, -0.1) is 0 Å². The van der Waals surface area contributed by atoms with Crippen molar-refractivity contribution in [2.45, 2.75) is 65.4 Å². The van der Waals surface area contributed by atoms with Crippen molar-refractivity contribution in [2.24, 2.45) is 28.6 Å². The normalized spacial score (nSPS) is 58.7. The first-order valence-corrected chi connectivity index (χ1v) is 7.01. The van der Waals surface area contributed by atoms with Crippen LogP contribution in [0.15, 0.2) is 0 Å². The summed E-state index contributed by atoms with van der Waals surface area (Å²) >= 11 is 0. The highest BCUT2D eigenvalue weighted by molar-refractivity contribution is 5.16. The summed E-state index contributed by atoms with van der Waals surface area (Å²) in [6, 6.07) is 0. The van der Waals surface area contributed by atoms with Crippen molar-refractivity contribution in [3.63, 3.8) is 0 Å². The molecule has 3 rings (SSSR count). The van der Waals surface area contributed by atoms with Crippen LogP contribution in [0.4, 0.5) is 0 Å². The summed E-state index contributed by atoms with van der Waals surface area (Å²) in [4.78, 5) is 0. The zero-order valence-electron chi connectivity index (χ0n) is 11.2. The molecule has 3 fully saturated rings. The molecule has 0 amide bonds. The highest BCUT2D eigenvalue weighted by atomic mass is 16.3. The molecule has 91 valence electrons. The molecule has 0 aromatic rings. The largest absolute Gasteiger partial charge is 0.229 e. The molecule has 3 aliphatic rings. The van der Waals surface area contributed by atoms with E-state index in [4.69, 9.17) is 0 Å². The van der Waals surface area contributed by atoms with Gasteiger partial charge in [0.15, 0.2) is 0 Å². The zero-order chi connectivity index (χ0) is 11.8. The topological polar surface area (TPSA) is 19.9 Å². The molecule has 5 atom stereocenters. The van der Waals surface area contributed by atoms with Gasteiger partial charge in [-0.25, -0.2) is 5.11 Å². The lowest BCUT2D eigenvalue weighted by atomic mass is 9.64. The summed E-state index contributed by atoms with van der Waals surface area (Å²) in [6.07, 6.45) is 6.13. The summed E-state index contributed by atoms with van der Waals surface area (Å²) in [5.41, 5.74) is 0.189. The molecule has 3 saturated carbocycles. The SMILES string of the molecule is CC1CC[C@@H]2C(C)(C)C3CC12CC[C@@]3(C)[O]. The van der Waals surface area contributed by atoms with Gasteiger partial charge in [0.25, 0.3) is 0 Å². The fourth-order valence-corrected chi connectivity index (χ4v) is 5.86. The minimum Gasteiger partial charge on any atom is -0.229 e. The minimum atomic E-state index is -0.654. The van der Waals surface area contributed by atoms with Gasteiger partial charge in [-0.05, 0) is 67.6 Å². The van der Waals surface area contributed by atoms with E-state index in [2.05, 4.69) is 20.8 Å². The van der Waals surface area contributed by atoms with E-state index in [9.17, 15) is 5.11 Å². The van der Waals surface area contributed by atoms with Gasteiger partial charge in [-0.2, -0.15) is 0 Å². The van der Waals surface area contributed by atoms with Crippen LogP contribution in [-0.4, -0.2) is 5.60 Å². The Bertz CT molecular complexity index is 313. The van der Waals surface area contributed by atoms with E-state index in [-0.39, 0.29) is 5.41 Å². The Morgan fingerprint density at radius 2 is 1.69 bits per heavy atom. The lowest BCUT2D eigenvalue weighted by molar-refractivity contribution is -0.118. The molecule has 0 aromatic carbocycles. The van der Waals surface area contributed by atoms with Crippen LogP contribution in [0.2, 0.25) is 0 Å². The summed E-state index contributed by atoms with van der Waals surface area (Å²) in [7, 11) is 0. The van der Waals surface area contributed by atoms with Gasteiger partial charge in [0.05, 0.1) is 0 Å². The molecule has 0 N–H and O–H groups in total. The molecule has 3 unspecified atom stereocenters. The van der Waals surface area contributed by atoms with Crippen LogP contribution in [0, 0.1) is 28.6 Å². The van der Waals surface area contributed by atoms with E-state index in [0.717, 1.165) is 18.3 Å². The molecular weight excluding hydrogens is 196 g/mol. The van der Waals surface area contributed by atoms with Crippen LogP contribution in [0.1, 0.15) is 59.8 Å². The number of hydrogen-bond acceptors (Lipinski definition) is 0. The number of hydrogen-bond donors (Lipinski definition) is 0. The van der Waals surface area contributed by atoms with Gasteiger partial charge >= 0.3 is 0 Å². The van der Waals surface area contributed by atoms with Crippen molar-refractivity contribution >= 4 is 0 Å². The van der Waals surface area contributed by atoms with Gasteiger partial charge in [0, 0.05) is 0 Å². The molecule has 0 aliphatic heterocycles. The molecule has 1 spiro atoms. The van der Waals surface area contributed by atoms with Crippen molar-refractivity contribution in [1.82, 2.24) is 0 Å². The quantitative estimate of drug-likeness (QED) is 0.588. The molecule has 1 heteroatoms. The number of rotatable bonds is 0. The fourth-order valence-electron chi connectivity index (χ4n) is 5.86. The fraction of sp³-hybridized carbons (Fsp3) is 1.00. The minimum absolute atomic E-state index is 0.289. The van der Waals surface area contributed by atoms with Crippen LogP contribution >= 0.6 is 0 Å². The van der Waals surface area contributed by atoms with Gasteiger partial charge in [-0.1, -0.05) is 20.8 Å². The van der Waals surface area contributed by atoms with E-state index < -0.39 is 5.60 Å². The Morgan fingerprint density at radius 1 is 1.00 bits per heavy atom. The first-order chi connectivity index (χ1) is 7.31. The molecule has 16 heavy (non-hydrogen) atoms. The maximum Gasteiger partial charge on any atom is 0.104 e. The standard InChI is InChI=1S/C15H25O/c1-10-5-6-11-13(2,3)12-9-15(10,11)8-7-14(12,4)16/h10-12H,5-9H2,1-4H3/t10?,11-,12?,14-,15?/m1/s1. The zero-order valence-corrected chi connectivity index (χ0v) is 11.2. The smallest absolute Gasteiger partial charge is 0.104 e. The lowest BCUT2D eigenvalue weighted by Crippen LogP contribution is -2.43. The average Bonchev–Trinajstić information content (AvgIpc) is 2.58. The Morgan fingerprint density at radius 3 is 2.38 bits per heavy atom. The third-order valence-electron chi connectivity index (χ3n) is 6.77. The summed E-state index contributed by atoms with van der Waals surface area (Å²) in [5.74, 6) is 2.11. The van der Waals surface area contributed by atoms with Gasteiger partial charge in [-0.3, -0.25) is 0 Å². The van der Waals surface area contributed by atoms with Gasteiger partial charge < -0.3 is 0 Å². The van der Waals surface area contributed by atoms with E-state index in [1.807, 2.05) is 6.92 Å². The second kappa shape index (κ2) is 2.85. The van der Waals surface area contributed by atoms with Crippen LogP contribution in [0.5, 0.6) is 0 Å². The highest BCUT2D eigenvalue weighted by Gasteiger charge is 2.68. The predicted octanol–water partition coefficient (Wildman–Crippen LogP) is 4.05. The van der Waals surface area contributed by atoms with Crippen molar-refractivity contribution in [3.8, 4) is 0 Å². The maximum absolute atomic E-state index is 12.7. The molecule has 0 aromatic heterocycles. The molecule has 0 saturated heterocycles. The van der Waals surface area contributed by atoms with E-state index in [1.165, 1.54) is 25.7 Å². The van der Waals surface area contributed by atoms with E-state index in [0.29, 0.717) is 11.3 Å². The van der Waals surface area contributed by atoms with Crippen molar-refractivity contribution in [3.05, 3.63) is 0 Å². The summed E-state index contributed by atoms with van der Waals surface area (Å²) in [5, 5.41) is 12.7. The Balaban J connectivity index is 2.07. The summed E-state index contributed by atoms with van der Waals surface area (Å²) < 4.78 is 0. The number of fused-ring (bicyclic) bond motifs is 1. The Kier molecular flexibility index (Phi) is 1.98. The van der Waals surface area contributed by atoms with Crippen molar-refractivity contribution in [2.75, 3.05) is 0 Å². The summed E-state index contributed by atoms with van der Waals surface area (Å²) in [6.45, 7) is 9.16. The second-order valence-electron chi connectivity index (χ2n) is 7.65.